The van der Waals surface area contributed by atoms with Crippen molar-refractivity contribution in [2.75, 3.05) is 13.1 Å². The Morgan fingerprint density at radius 2 is 2.00 bits per heavy atom. The number of carbonyl (C=O) groups excluding carboxylic acids is 1. The largest absolute Gasteiger partial charge is 0.365 e. The molecule has 0 saturated carbocycles. The maximum Gasteiger partial charge on any atom is 0.216 e. The van der Waals surface area contributed by atoms with Gasteiger partial charge in [0, 0.05) is 35.5 Å². The van der Waals surface area contributed by atoms with Crippen molar-refractivity contribution in [3.8, 4) is 0 Å². The summed E-state index contributed by atoms with van der Waals surface area (Å²) >= 11 is 19.1. The molecule has 1 fully saturated rings. The Morgan fingerprint density at radius 1 is 1.38 bits per heavy atom. The number of halogens is 3. The van der Waals surface area contributed by atoms with Gasteiger partial charge in [-0.05, 0) is 6.92 Å². The zero-order chi connectivity index (χ0) is 15.6. The smallest absolute Gasteiger partial charge is 0.216 e. The minimum absolute atomic E-state index is 0.0269. The molecule has 2 nitrogen and oxygen atoms in total. The Bertz CT molecular complexity index is 551. The van der Waals surface area contributed by atoms with Crippen LogP contribution >= 0.6 is 46.6 Å². The highest BCUT2D eigenvalue weighted by Gasteiger charge is 2.24. The van der Waals surface area contributed by atoms with Crippen LogP contribution in [0.15, 0.2) is 35.4 Å². The summed E-state index contributed by atoms with van der Waals surface area (Å²) in [5, 5.41) is 1.54. The summed E-state index contributed by atoms with van der Waals surface area (Å²) in [5.41, 5.74) is 1.15. The van der Waals surface area contributed by atoms with E-state index in [0.29, 0.717) is 16.4 Å². The van der Waals surface area contributed by atoms with E-state index in [-0.39, 0.29) is 5.78 Å². The Balaban J connectivity index is 2.17. The average molecular weight is 365 g/mol. The fraction of sp³-hybridized carbons (Fsp3) is 0.400. The van der Waals surface area contributed by atoms with Crippen molar-refractivity contribution in [1.82, 2.24) is 4.90 Å². The zero-order valence-corrected chi connectivity index (χ0v) is 14.9. The first-order valence-corrected chi connectivity index (χ1v) is 8.67. The van der Waals surface area contributed by atoms with Gasteiger partial charge in [-0.25, -0.2) is 0 Å². The Morgan fingerprint density at radius 3 is 2.52 bits per heavy atom. The molecule has 1 heterocycles. The summed E-state index contributed by atoms with van der Waals surface area (Å²) in [7, 11) is 0. The highest BCUT2D eigenvalue weighted by molar-refractivity contribution is 8.03. The monoisotopic (exact) mass is 363 g/mol. The molecule has 2 rings (SSSR count). The van der Waals surface area contributed by atoms with Crippen LogP contribution < -0.4 is 0 Å². The van der Waals surface area contributed by atoms with Crippen molar-refractivity contribution in [2.45, 2.75) is 22.9 Å². The zero-order valence-electron chi connectivity index (χ0n) is 11.8. The summed E-state index contributed by atoms with van der Waals surface area (Å²) in [6.07, 6.45) is 1.70. The van der Waals surface area contributed by atoms with Gasteiger partial charge in [-0.2, -0.15) is 0 Å². The Labute approximate surface area is 144 Å². The van der Waals surface area contributed by atoms with E-state index in [1.54, 1.807) is 42.1 Å². The number of nitrogens with zero attached hydrogens (tertiary/aromatic N) is 1. The number of carbonyl (C=O) groups is 1. The van der Waals surface area contributed by atoms with Gasteiger partial charge in [0.05, 0.1) is 5.03 Å². The molecule has 0 amide bonds. The van der Waals surface area contributed by atoms with Gasteiger partial charge in [0.1, 0.15) is 0 Å². The molecule has 1 aliphatic rings. The lowest BCUT2D eigenvalue weighted by Gasteiger charge is -2.16. The molecule has 6 heteroatoms. The average Bonchev–Trinajstić information content (AvgIpc) is 2.78. The Hall–Kier alpha value is -0.350. The third-order valence-electron chi connectivity index (χ3n) is 3.24. The molecule has 0 spiro atoms. The van der Waals surface area contributed by atoms with E-state index in [1.165, 1.54) is 0 Å². The molecule has 0 radical (unpaired) electrons. The van der Waals surface area contributed by atoms with Crippen LogP contribution in [0.3, 0.4) is 0 Å². The number of hydrogen-bond donors (Lipinski definition) is 0. The molecule has 1 aromatic rings. The molecular weight excluding hydrogens is 349 g/mol. The van der Waals surface area contributed by atoms with Crippen molar-refractivity contribution in [3.63, 3.8) is 0 Å². The van der Waals surface area contributed by atoms with Crippen molar-refractivity contribution >= 4 is 52.3 Å². The van der Waals surface area contributed by atoms with E-state index in [1.807, 2.05) is 0 Å². The molecule has 0 N–H and O–H groups in total. The fourth-order valence-electron chi connectivity index (χ4n) is 2.15. The van der Waals surface area contributed by atoms with Gasteiger partial charge >= 0.3 is 0 Å². The number of alkyl halides is 3. The predicted molar refractivity (Wildman–Crippen MR) is 92.4 cm³/mol. The van der Waals surface area contributed by atoms with Gasteiger partial charge in [-0.15, -0.1) is 11.8 Å². The minimum atomic E-state index is -1.46. The van der Waals surface area contributed by atoms with Crippen LogP contribution in [0.1, 0.15) is 29.8 Å². The highest BCUT2D eigenvalue weighted by Crippen LogP contribution is 2.38. The molecule has 1 saturated heterocycles. The predicted octanol–water partition coefficient (Wildman–Crippen LogP) is 4.99. The first-order valence-electron chi connectivity index (χ1n) is 6.66. The van der Waals surface area contributed by atoms with E-state index in [4.69, 9.17) is 34.8 Å². The van der Waals surface area contributed by atoms with Gasteiger partial charge in [0.15, 0.2) is 5.78 Å². The Kier molecular flexibility index (Phi) is 5.53. The minimum Gasteiger partial charge on any atom is -0.365 e. The molecule has 1 aromatic carbocycles. The maximum absolute atomic E-state index is 12.3. The van der Waals surface area contributed by atoms with E-state index in [9.17, 15) is 4.79 Å². The first kappa shape index (κ1) is 17.0. The second kappa shape index (κ2) is 6.82. The lowest BCUT2D eigenvalue weighted by atomic mass is 10.1. The molecule has 0 aliphatic carbocycles. The van der Waals surface area contributed by atoms with Gasteiger partial charge in [0.2, 0.25) is 3.79 Å². The molecule has 21 heavy (non-hydrogen) atoms. The third-order valence-corrected chi connectivity index (χ3v) is 5.07. The van der Waals surface area contributed by atoms with Crippen molar-refractivity contribution in [1.29, 1.82) is 0 Å². The van der Waals surface area contributed by atoms with Gasteiger partial charge < -0.3 is 4.90 Å². The number of thioether (sulfide) groups is 1. The number of allylic oxidation sites excluding steroid dienone is 1. The molecule has 0 bridgehead atoms. The van der Waals surface area contributed by atoms with Crippen LogP contribution in [0.4, 0.5) is 0 Å². The van der Waals surface area contributed by atoms with Crippen molar-refractivity contribution in [2.24, 2.45) is 0 Å². The molecular formula is C15H16Cl3NOS. The summed E-state index contributed by atoms with van der Waals surface area (Å²) in [6.45, 7) is 6.14. The second-order valence-electron chi connectivity index (χ2n) is 4.89. The lowest BCUT2D eigenvalue weighted by molar-refractivity contribution is 0.104. The summed E-state index contributed by atoms with van der Waals surface area (Å²) in [5.74, 6) is -0.0269. The van der Waals surface area contributed by atoms with E-state index < -0.39 is 3.79 Å². The number of benzene rings is 1. The van der Waals surface area contributed by atoms with Gasteiger partial charge in [0.25, 0.3) is 0 Å². The third kappa shape index (κ3) is 4.32. The highest BCUT2D eigenvalue weighted by atomic mass is 35.6. The number of rotatable bonds is 3. The standard InChI is InChI=1S/C15H16Cl3NOS/c1-3-19-9-10(2)21-14(19)8-13(20)11-4-6-12(7-5-11)15(16,17)18/h4-8,10H,3,9H2,1-2H3. The normalized spacial score (nSPS) is 21.1. The molecule has 1 atom stereocenters. The first-order chi connectivity index (χ1) is 9.81. The van der Waals surface area contributed by atoms with Crippen LogP contribution in [0.25, 0.3) is 0 Å². The van der Waals surface area contributed by atoms with Crippen LogP contribution in [-0.4, -0.2) is 29.0 Å². The summed E-state index contributed by atoms with van der Waals surface area (Å²) < 4.78 is -1.46. The van der Waals surface area contributed by atoms with E-state index in [0.717, 1.165) is 18.1 Å². The summed E-state index contributed by atoms with van der Waals surface area (Å²) in [6, 6.07) is 6.72. The van der Waals surface area contributed by atoms with Crippen molar-refractivity contribution in [3.05, 3.63) is 46.5 Å². The van der Waals surface area contributed by atoms with Crippen LogP contribution in [0.5, 0.6) is 0 Å². The van der Waals surface area contributed by atoms with E-state index in [2.05, 4.69) is 18.7 Å². The van der Waals surface area contributed by atoms with Gasteiger partial charge in [-0.1, -0.05) is 66.0 Å². The van der Waals surface area contributed by atoms with Gasteiger partial charge in [-0.3, -0.25) is 4.79 Å². The second-order valence-corrected chi connectivity index (χ2v) is 8.63. The molecule has 0 aromatic heterocycles. The number of ketones is 1. The quantitative estimate of drug-likeness (QED) is 0.428. The maximum atomic E-state index is 12.3. The number of hydrogen-bond acceptors (Lipinski definition) is 3. The topological polar surface area (TPSA) is 20.3 Å². The van der Waals surface area contributed by atoms with Crippen LogP contribution in [-0.2, 0) is 3.79 Å². The SMILES string of the molecule is CCN1CC(C)SC1=CC(=O)c1ccc(C(Cl)(Cl)Cl)cc1. The lowest BCUT2D eigenvalue weighted by Crippen LogP contribution is -2.20. The molecule has 1 unspecified atom stereocenters. The van der Waals surface area contributed by atoms with Crippen LogP contribution in [0, 0.1) is 0 Å². The summed E-state index contributed by atoms with van der Waals surface area (Å²) in [4.78, 5) is 14.5. The molecule has 1 aliphatic heterocycles. The van der Waals surface area contributed by atoms with Crippen molar-refractivity contribution < 1.29 is 4.79 Å². The van der Waals surface area contributed by atoms with E-state index >= 15 is 0 Å². The molecule has 114 valence electrons. The fourth-order valence-corrected chi connectivity index (χ4v) is 3.72. The van der Waals surface area contributed by atoms with Crippen LogP contribution in [0.2, 0.25) is 0 Å².